The van der Waals surface area contributed by atoms with E-state index in [1.54, 1.807) is 16.7 Å². The molecule has 1 aromatic carbocycles. The molecule has 0 bridgehead atoms. The van der Waals surface area contributed by atoms with Crippen LogP contribution in [0.5, 0.6) is 0 Å². The number of halogens is 1. The number of benzene rings is 1. The predicted octanol–water partition coefficient (Wildman–Crippen LogP) is 0.345. The summed E-state index contributed by atoms with van der Waals surface area (Å²) in [6.45, 7) is 4.54. The van der Waals surface area contributed by atoms with Crippen molar-refractivity contribution in [3.8, 4) is 0 Å². The summed E-state index contributed by atoms with van der Waals surface area (Å²) in [5, 5.41) is 0. The van der Waals surface area contributed by atoms with Crippen LogP contribution in [0.4, 0.5) is 0 Å². The summed E-state index contributed by atoms with van der Waals surface area (Å²) in [6.07, 6.45) is 3.72. The maximum atomic E-state index is 2.47. The standard InChI is InChI=1S/C13H18I/c1-3-5-11-6-7-12(13-9-14-13)8-10(11)4-2/h6-8,13H,3-5,9H2,1-2H3/q-1. The van der Waals surface area contributed by atoms with Crippen molar-refractivity contribution in [2.75, 3.05) is 4.43 Å². The second-order valence-corrected chi connectivity index (χ2v) is 7.17. The molecule has 0 N–H and O–H groups in total. The average molecular weight is 301 g/mol. The first-order valence-corrected chi connectivity index (χ1v) is 8.31. The molecule has 1 aliphatic heterocycles. The molecule has 1 saturated heterocycles. The Morgan fingerprint density at radius 1 is 1.29 bits per heavy atom. The van der Waals surface area contributed by atoms with Crippen LogP contribution in [0.15, 0.2) is 18.2 Å². The van der Waals surface area contributed by atoms with Crippen LogP contribution in [0.3, 0.4) is 0 Å². The molecule has 1 fully saturated rings. The summed E-state index contributed by atoms with van der Waals surface area (Å²) in [5.74, 6) is 0. The monoisotopic (exact) mass is 301 g/mol. The van der Waals surface area contributed by atoms with Gasteiger partial charge in [0, 0.05) is 0 Å². The van der Waals surface area contributed by atoms with Crippen molar-refractivity contribution in [3.63, 3.8) is 0 Å². The third kappa shape index (κ3) is 2.30. The SMILES string of the molecule is CCCc1ccc(C2C[I-]2)cc1CC. The number of hydrogen-bond donors (Lipinski definition) is 0. The zero-order valence-electron chi connectivity index (χ0n) is 9.02. The van der Waals surface area contributed by atoms with Gasteiger partial charge < -0.3 is 0 Å². The van der Waals surface area contributed by atoms with Crippen molar-refractivity contribution < 1.29 is 21.2 Å². The van der Waals surface area contributed by atoms with Gasteiger partial charge in [-0.15, -0.1) is 0 Å². The second kappa shape index (κ2) is 4.65. The Kier molecular flexibility index (Phi) is 3.47. The normalized spacial score (nSPS) is 20.3. The molecule has 78 valence electrons. The van der Waals surface area contributed by atoms with E-state index in [-0.39, 0.29) is 0 Å². The summed E-state index contributed by atoms with van der Waals surface area (Å²) >= 11 is 0.559. The van der Waals surface area contributed by atoms with Crippen LogP contribution in [-0.4, -0.2) is 4.43 Å². The fourth-order valence-electron chi connectivity index (χ4n) is 1.91. The molecule has 0 spiro atoms. The summed E-state index contributed by atoms with van der Waals surface area (Å²) in [4.78, 5) is 0. The van der Waals surface area contributed by atoms with E-state index in [2.05, 4.69) is 32.0 Å². The molecular weight excluding hydrogens is 283 g/mol. The van der Waals surface area contributed by atoms with E-state index in [0.29, 0.717) is 21.2 Å². The van der Waals surface area contributed by atoms with Gasteiger partial charge in [-0.1, -0.05) is 0 Å². The van der Waals surface area contributed by atoms with Crippen molar-refractivity contribution in [3.05, 3.63) is 34.9 Å². The van der Waals surface area contributed by atoms with Crippen LogP contribution in [0.25, 0.3) is 0 Å². The van der Waals surface area contributed by atoms with E-state index >= 15 is 0 Å². The minimum absolute atomic E-state index is 0.559. The van der Waals surface area contributed by atoms with Crippen molar-refractivity contribution >= 4 is 0 Å². The van der Waals surface area contributed by atoms with Crippen molar-refractivity contribution in [2.24, 2.45) is 0 Å². The van der Waals surface area contributed by atoms with Crippen molar-refractivity contribution in [1.82, 2.24) is 0 Å². The Bertz CT molecular complexity index is 313. The number of aryl methyl sites for hydroxylation is 2. The van der Waals surface area contributed by atoms with Gasteiger partial charge in [-0.3, -0.25) is 0 Å². The third-order valence-corrected chi connectivity index (χ3v) is 5.28. The van der Waals surface area contributed by atoms with Crippen LogP contribution < -0.4 is 21.2 Å². The molecule has 1 aliphatic rings. The fraction of sp³-hybridized carbons (Fsp3) is 0.538. The molecule has 0 nitrogen and oxygen atoms in total. The zero-order valence-corrected chi connectivity index (χ0v) is 11.2. The molecule has 0 radical (unpaired) electrons. The molecule has 1 heterocycles. The summed E-state index contributed by atoms with van der Waals surface area (Å²) in [5.41, 5.74) is 4.81. The Morgan fingerprint density at radius 3 is 2.64 bits per heavy atom. The van der Waals surface area contributed by atoms with E-state index in [1.165, 1.54) is 23.7 Å². The van der Waals surface area contributed by atoms with Gasteiger partial charge in [-0.05, 0) is 0 Å². The molecule has 1 aromatic rings. The number of alkyl halides is 2. The predicted molar refractivity (Wildman–Crippen MR) is 57.4 cm³/mol. The third-order valence-electron chi connectivity index (χ3n) is 2.80. The van der Waals surface area contributed by atoms with E-state index in [9.17, 15) is 0 Å². The van der Waals surface area contributed by atoms with Gasteiger partial charge in [0.05, 0.1) is 0 Å². The van der Waals surface area contributed by atoms with Crippen LogP contribution in [-0.2, 0) is 12.8 Å². The van der Waals surface area contributed by atoms with Gasteiger partial charge in [0.1, 0.15) is 0 Å². The molecule has 0 aromatic heterocycles. The topological polar surface area (TPSA) is 0 Å². The quantitative estimate of drug-likeness (QED) is 0.556. The van der Waals surface area contributed by atoms with Crippen molar-refractivity contribution in [1.29, 1.82) is 0 Å². The van der Waals surface area contributed by atoms with Crippen molar-refractivity contribution in [2.45, 2.75) is 37.0 Å². The molecule has 1 heteroatoms. The Morgan fingerprint density at radius 2 is 2.07 bits per heavy atom. The Hall–Kier alpha value is -0.0500. The molecule has 14 heavy (non-hydrogen) atoms. The minimum atomic E-state index is 0.559. The summed E-state index contributed by atoms with van der Waals surface area (Å²) in [7, 11) is 0. The van der Waals surface area contributed by atoms with E-state index in [0.717, 1.165) is 3.92 Å². The van der Waals surface area contributed by atoms with Gasteiger partial charge in [-0.25, -0.2) is 0 Å². The molecule has 0 saturated carbocycles. The molecular formula is C13H18I-. The maximum absolute atomic E-state index is 2.47. The van der Waals surface area contributed by atoms with Gasteiger partial charge in [-0.2, -0.15) is 0 Å². The first-order valence-electron chi connectivity index (χ1n) is 5.54. The summed E-state index contributed by atoms with van der Waals surface area (Å²) in [6, 6.07) is 7.23. The molecule has 0 amide bonds. The Balaban J connectivity index is 2.24. The molecule has 2 rings (SSSR count). The summed E-state index contributed by atoms with van der Waals surface area (Å²) < 4.78 is 2.53. The Labute approximate surface area is 97.4 Å². The average Bonchev–Trinajstić information content (AvgIpc) is 3.02. The van der Waals surface area contributed by atoms with Gasteiger partial charge in [0.2, 0.25) is 0 Å². The zero-order chi connectivity index (χ0) is 9.97. The van der Waals surface area contributed by atoms with Crippen LogP contribution in [0.2, 0.25) is 0 Å². The van der Waals surface area contributed by atoms with Gasteiger partial charge in [0.25, 0.3) is 0 Å². The van der Waals surface area contributed by atoms with Crippen LogP contribution in [0, 0.1) is 0 Å². The number of hydrogen-bond acceptors (Lipinski definition) is 0. The molecule has 0 aliphatic carbocycles. The first kappa shape index (κ1) is 10.5. The number of rotatable bonds is 4. The fourth-order valence-corrected chi connectivity index (χ4v) is 3.56. The van der Waals surface area contributed by atoms with Crippen LogP contribution in [0.1, 0.15) is 40.9 Å². The van der Waals surface area contributed by atoms with Gasteiger partial charge >= 0.3 is 97.6 Å². The van der Waals surface area contributed by atoms with E-state index in [4.69, 9.17) is 0 Å². The molecule has 1 unspecified atom stereocenters. The molecule has 1 atom stereocenters. The van der Waals surface area contributed by atoms with E-state index in [1.807, 2.05) is 0 Å². The van der Waals surface area contributed by atoms with E-state index < -0.39 is 0 Å². The van der Waals surface area contributed by atoms with Crippen LogP contribution >= 0.6 is 0 Å². The first-order chi connectivity index (χ1) is 6.85. The second-order valence-electron chi connectivity index (χ2n) is 3.91. The van der Waals surface area contributed by atoms with Gasteiger partial charge in [0.15, 0.2) is 0 Å².